The van der Waals surface area contributed by atoms with Crippen molar-refractivity contribution in [1.82, 2.24) is 10.6 Å². The lowest BCUT2D eigenvalue weighted by atomic mass is 9.85. The van der Waals surface area contributed by atoms with E-state index in [0.29, 0.717) is 18.4 Å². The van der Waals surface area contributed by atoms with Crippen molar-refractivity contribution < 1.29 is 4.79 Å². The Hall–Kier alpha value is -1.26. The van der Waals surface area contributed by atoms with E-state index in [2.05, 4.69) is 29.5 Å². The highest BCUT2D eigenvalue weighted by Crippen LogP contribution is 2.25. The van der Waals surface area contributed by atoms with E-state index >= 15 is 0 Å². The zero-order valence-corrected chi connectivity index (χ0v) is 11.5. The number of rotatable bonds is 7. The summed E-state index contributed by atoms with van der Waals surface area (Å²) in [6.07, 6.45) is 4.18. The van der Waals surface area contributed by atoms with Crippen LogP contribution in [-0.2, 0) is 4.79 Å². The van der Waals surface area contributed by atoms with Crippen LogP contribution in [0.2, 0.25) is 0 Å². The minimum atomic E-state index is 0.211. The van der Waals surface area contributed by atoms with E-state index in [1.807, 2.05) is 0 Å². The van der Waals surface area contributed by atoms with Crippen LogP contribution < -0.4 is 16.4 Å². The fraction of sp³-hybridized carbons (Fsp3) is 0.846. The molecular formula is C13H26N4O. The normalized spacial score (nSPS) is 16.5. The molecule has 0 aromatic heterocycles. The third kappa shape index (κ3) is 5.89. The number of hydrogen-bond acceptors (Lipinski definition) is 2. The molecule has 104 valence electrons. The minimum Gasteiger partial charge on any atom is -0.370 e. The van der Waals surface area contributed by atoms with E-state index in [0.717, 1.165) is 32.4 Å². The van der Waals surface area contributed by atoms with Gasteiger partial charge in [0.05, 0.1) is 0 Å². The predicted molar refractivity (Wildman–Crippen MR) is 74.3 cm³/mol. The van der Waals surface area contributed by atoms with Crippen LogP contribution in [-0.4, -0.2) is 31.5 Å². The van der Waals surface area contributed by atoms with Gasteiger partial charge in [0.25, 0.3) is 0 Å². The van der Waals surface area contributed by atoms with Crippen LogP contribution >= 0.6 is 0 Å². The summed E-state index contributed by atoms with van der Waals surface area (Å²) in [4.78, 5) is 15.7. The van der Waals surface area contributed by atoms with E-state index < -0.39 is 0 Å². The van der Waals surface area contributed by atoms with Crippen LogP contribution in [0.5, 0.6) is 0 Å². The molecule has 0 heterocycles. The monoisotopic (exact) mass is 254 g/mol. The third-order valence-electron chi connectivity index (χ3n) is 3.06. The number of carbonyl (C=O) groups excluding carboxylic acids is 1. The van der Waals surface area contributed by atoms with Gasteiger partial charge in [0.15, 0.2) is 5.96 Å². The molecule has 18 heavy (non-hydrogen) atoms. The van der Waals surface area contributed by atoms with Crippen molar-refractivity contribution in [3.05, 3.63) is 0 Å². The number of nitrogens with one attached hydrogen (secondary N) is 2. The first-order valence-electron chi connectivity index (χ1n) is 6.91. The Balaban J connectivity index is 1.97. The number of aliphatic imine (C=N–C) groups is 1. The summed E-state index contributed by atoms with van der Waals surface area (Å²) in [5.41, 5.74) is 5.69. The van der Waals surface area contributed by atoms with E-state index in [9.17, 15) is 4.79 Å². The lowest BCUT2D eigenvalue weighted by Gasteiger charge is -2.24. The summed E-state index contributed by atoms with van der Waals surface area (Å²) in [6.45, 7) is 6.41. The highest BCUT2D eigenvalue weighted by atomic mass is 16.1. The molecule has 0 spiro atoms. The topological polar surface area (TPSA) is 79.5 Å². The molecule has 1 fully saturated rings. The second kappa shape index (κ2) is 7.95. The van der Waals surface area contributed by atoms with Gasteiger partial charge in [0.2, 0.25) is 5.91 Å². The summed E-state index contributed by atoms with van der Waals surface area (Å²) in [6, 6.07) is 0. The van der Waals surface area contributed by atoms with Gasteiger partial charge < -0.3 is 16.4 Å². The molecule has 1 amide bonds. The second-order valence-electron chi connectivity index (χ2n) is 5.32. The summed E-state index contributed by atoms with van der Waals surface area (Å²) in [5, 5.41) is 5.99. The molecule has 1 aliphatic rings. The number of carbonyl (C=O) groups is 1. The van der Waals surface area contributed by atoms with E-state index in [4.69, 9.17) is 5.73 Å². The van der Waals surface area contributed by atoms with Gasteiger partial charge in [-0.15, -0.1) is 0 Å². The molecule has 5 nitrogen and oxygen atoms in total. The Bertz CT molecular complexity index is 285. The molecule has 5 heteroatoms. The number of amides is 1. The summed E-state index contributed by atoms with van der Waals surface area (Å²) < 4.78 is 0. The average Bonchev–Trinajstić information content (AvgIpc) is 2.23. The maximum Gasteiger partial charge on any atom is 0.223 e. The van der Waals surface area contributed by atoms with Gasteiger partial charge in [0, 0.05) is 25.6 Å². The molecule has 4 N–H and O–H groups in total. The molecular weight excluding hydrogens is 228 g/mol. The zero-order chi connectivity index (χ0) is 13.4. The third-order valence-corrected chi connectivity index (χ3v) is 3.06. The van der Waals surface area contributed by atoms with Gasteiger partial charge in [-0.05, 0) is 25.2 Å². The van der Waals surface area contributed by atoms with Crippen LogP contribution in [0, 0.1) is 11.8 Å². The van der Waals surface area contributed by atoms with Crippen molar-refractivity contribution in [3.8, 4) is 0 Å². The lowest BCUT2D eigenvalue weighted by Crippen LogP contribution is -2.37. The Morgan fingerprint density at radius 3 is 2.56 bits per heavy atom. The number of nitrogens with zero attached hydrogens (tertiary/aromatic N) is 1. The average molecular weight is 254 g/mol. The maximum atomic E-state index is 11.5. The highest BCUT2D eigenvalue weighted by Gasteiger charge is 2.24. The van der Waals surface area contributed by atoms with Crippen LogP contribution in [0.15, 0.2) is 4.99 Å². The van der Waals surface area contributed by atoms with Crippen molar-refractivity contribution in [2.45, 2.75) is 39.5 Å². The van der Waals surface area contributed by atoms with Gasteiger partial charge in [-0.2, -0.15) is 0 Å². The molecule has 0 saturated heterocycles. The number of guanidine groups is 1. The first-order chi connectivity index (χ1) is 8.59. The smallest absolute Gasteiger partial charge is 0.223 e. The summed E-state index contributed by atoms with van der Waals surface area (Å²) in [7, 11) is 0. The van der Waals surface area contributed by atoms with Crippen LogP contribution in [0.4, 0.5) is 0 Å². The second-order valence-corrected chi connectivity index (χ2v) is 5.32. The number of hydrogen-bond donors (Lipinski definition) is 3. The van der Waals surface area contributed by atoms with Crippen LogP contribution in [0.1, 0.15) is 39.5 Å². The van der Waals surface area contributed by atoms with E-state index in [1.54, 1.807) is 0 Å². The lowest BCUT2D eigenvalue weighted by molar-refractivity contribution is -0.127. The van der Waals surface area contributed by atoms with E-state index in [-0.39, 0.29) is 11.8 Å². The van der Waals surface area contributed by atoms with Crippen molar-refractivity contribution in [2.75, 3.05) is 19.6 Å². The first-order valence-corrected chi connectivity index (χ1v) is 6.91. The Morgan fingerprint density at radius 1 is 1.33 bits per heavy atom. The quantitative estimate of drug-likeness (QED) is 0.358. The Morgan fingerprint density at radius 2 is 2.00 bits per heavy atom. The van der Waals surface area contributed by atoms with Gasteiger partial charge >= 0.3 is 0 Å². The molecule has 0 aromatic rings. The molecule has 0 radical (unpaired) electrons. The van der Waals surface area contributed by atoms with Crippen molar-refractivity contribution in [3.63, 3.8) is 0 Å². The first kappa shape index (κ1) is 14.8. The fourth-order valence-corrected chi connectivity index (χ4v) is 1.67. The van der Waals surface area contributed by atoms with Crippen molar-refractivity contribution >= 4 is 11.9 Å². The molecule has 1 aliphatic carbocycles. The fourth-order valence-electron chi connectivity index (χ4n) is 1.67. The molecule has 1 saturated carbocycles. The predicted octanol–water partition coefficient (Wildman–Crippen LogP) is 0.853. The molecule has 0 atom stereocenters. The molecule has 0 aromatic carbocycles. The van der Waals surface area contributed by atoms with Crippen LogP contribution in [0.25, 0.3) is 0 Å². The molecule has 1 rings (SSSR count). The van der Waals surface area contributed by atoms with Crippen LogP contribution in [0.3, 0.4) is 0 Å². The summed E-state index contributed by atoms with van der Waals surface area (Å²) >= 11 is 0. The van der Waals surface area contributed by atoms with Gasteiger partial charge in [-0.1, -0.05) is 20.3 Å². The largest absolute Gasteiger partial charge is 0.370 e. The zero-order valence-electron chi connectivity index (χ0n) is 11.5. The Labute approximate surface area is 110 Å². The standard InChI is InChI=1S/C13H26N4O/c1-10(2)9-17-13(14)16-8-4-7-15-12(18)11-5-3-6-11/h10-11H,3-9H2,1-2H3,(H,15,18)(H3,14,16,17). The number of nitrogens with two attached hydrogens (primary N) is 1. The molecule has 0 unspecified atom stereocenters. The van der Waals surface area contributed by atoms with Crippen molar-refractivity contribution in [1.29, 1.82) is 0 Å². The molecule has 0 aliphatic heterocycles. The highest BCUT2D eigenvalue weighted by molar-refractivity contribution is 5.79. The van der Waals surface area contributed by atoms with Crippen molar-refractivity contribution in [2.24, 2.45) is 22.6 Å². The summed E-state index contributed by atoms with van der Waals surface area (Å²) in [5.74, 6) is 1.50. The minimum absolute atomic E-state index is 0.211. The van der Waals surface area contributed by atoms with Gasteiger partial charge in [-0.3, -0.25) is 9.79 Å². The maximum absolute atomic E-state index is 11.5. The molecule has 0 bridgehead atoms. The SMILES string of the molecule is CC(C)CN=C(N)NCCCNC(=O)C1CCC1. The Kier molecular flexibility index (Phi) is 6.54. The van der Waals surface area contributed by atoms with E-state index in [1.165, 1.54) is 6.42 Å². The van der Waals surface area contributed by atoms with Gasteiger partial charge in [-0.25, -0.2) is 0 Å². The van der Waals surface area contributed by atoms with Gasteiger partial charge in [0.1, 0.15) is 0 Å².